The molecule has 0 heterocycles. The van der Waals surface area contributed by atoms with E-state index in [-0.39, 0.29) is 0 Å². The second kappa shape index (κ2) is 9.90. The van der Waals surface area contributed by atoms with Crippen molar-refractivity contribution in [3.63, 3.8) is 0 Å². The molecule has 0 saturated carbocycles. The second-order valence-corrected chi connectivity index (χ2v) is 4.89. The van der Waals surface area contributed by atoms with E-state index in [1.54, 1.807) is 0 Å². The Bertz CT molecular complexity index is 305. The Labute approximate surface area is 112 Å². The lowest BCUT2D eigenvalue weighted by Gasteiger charge is -2.12. The highest BCUT2D eigenvalue weighted by Crippen LogP contribution is 2.11. The molecule has 1 unspecified atom stereocenters. The van der Waals surface area contributed by atoms with Crippen LogP contribution in [-0.2, 0) is 11.3 Å². The third-order valence-corrected chi connectivity index (χ3v) is 3.15. The second-order valence-electron chi connectivity index (χ2n) is 4.89. The predicted octanol–water partition coefficient (Wildman–Crippen LogP) is 5.12. The van der Waals surface area contributed by atoms with Crippen molar-refractivity contribution in [2.75, 3.05) is 0 Å². The van der Waals surface area contributed by atoms with Crippen molar-refractivity contribution in [3.8, 4) is 0 Å². The first-order valence-electron chi connectivity index (χ1n) is 7.09. The van der Waals surface area contributed by atoms with Gasteiger partial charge < -0.3 is 4.74 Å². The molecule has 0 saturated heterocycles. The average molecular weight is 246 g/mol. The first-order chi connectivity index (χ1) is 8.83. The summed E-state index contributed by atoms with van der Waals surface area (Å²) in [6, 6.07) is 10.4. The lowest BCUT2D eigenvalue weighted by Crippen LogP contribution is -2.07. The molecular weight excluding hydrogens is 220 g/mol. The molecule has 0 fully saturated rings. The largest absolute Gasteiger partial charge is 0.374 e. The summed E-state index contributed by atoms with van der Waals surface area (Å²) in [5.74, 6) is 0. The molecule has 0 aliphatic rings. The van der Waals surface area contributed by atoms with Gasteiger partial charge in [-0.05, 0) is 31.7 Å². The molecule has 1 aromatic carbocycles. The quantitative estimate of drug-likeness (QED) is 0.411. The maximum absolute atomic E-state index is 5.84. The number of rotatable bonds is 10. The lowest BCUT2D eigenvalue weighted by molar-refractivity contribution is 0.0459. The highest BCUT2D eigenvalue weighted by molar-refractivity contribution is 5.13. The van der Waals surface area contributed by atoms with Gasteiger partial charge in [-0.25, -0.2) is 0 Å². The van der Waals surface area contributed by atoms with Gasteiger partial charge in [0.25, 0.3) is 0 Å². The fourth-order valence-corrected chi connectivity index (χ4v) is 1.97. The van der Waals surface area contributed by atoms with Gasteiger partial charge >= 0.3 is 0 Å². The maximum atomic E-state index is 5.84. The molecule has 18 heavy (non-hydrogen) atoms. The Morgan fingerprint density at radius 3 is 2.56 bits per heavy atom. The molecule has 0 aromatic heterocycles. The van der Waals surface area contributed by atoms with Gasteiger partial charge in [0.05, 0.1) is 12.7 Å². The van der Waals surface area contributed by atoms with Gasteiger partial charge in [-0.2, -0.15) is 0 Å². The molecule has 1 rings (SSSR count). The molecule has 0 aliphatic heterocycles. The highest BCUT2D eigenvalue weighted by atomic mass is 16.5. The average Bonchev–Trinajstić information content (AvgIpc) is 2.41. The molecular formula is C17H26O. The van der Waals surface area contributed by atoms with Crippen LogP contribution in [-0.4, -0.2) is 6.10 Å². The van der Waals surface area contributed by atoms with Crippen LogP contribution in [0.3, 0.4) is 0 Å². The summed E-state index contributed by atoms with van der Waals surface area (Å²) in [6.07, 6.45) is 9.87. The van der Waals surface area contributed by atoms with Crippen molar-refractivity contribution in [1.29, 1.82) is 0 Å². The van der Waals surface area contributed by atoms with E-state index in [1.807, 2.05) is 12.1 Å². The van der Waals surface area contributed by atoms with Crippen LogP contribution in [0.4, 0.5) is 0 Å². The van der Waals surface area contributed by atoms with Crippen LogP contribution in [0.2, 0.25) is 0 Å². The Morgan fingerprint density at radius 1 is 1.11 bits per heavy atom. The monoisotopic (exact) mass is 246 g/mol. The third-order valence-electron chi connectivity index (χ3n) is 3.15. The Balaban J connectivity index is 2.00. The minimum absolute atomic E-state index is 0.365. The molecule has 0 bridgehead atoms. The van der Waals surface area contributed by atoms with Crippen molar-refractivity contribution in [2.24, 2.45) is 0 Å². The van der Waals surface area contributed by atoms with Gasteiger partial charge in [-0.15, -0.1) is 6.58 Å². The standard InChI is InChI=1S/C17H26O/c1-3-4-5-6-7-9-12-16(2)18-15-17-13-10-8-11-14-17/h3,8,10-11,13-14,16H,1,4-7,9,12,15H2,2H3. The van der Waals surface area contributed by atoms with Crippen LogP contribution in [0.25, 0.3) is 0 Å². The lowest BCUT2D eigenvalue weighted by atomic mass is 10.1. The number of ether oxygens (including phenoxy) is 1. The predicted molar refractivity (Wildman–Crippen MR) is 78.6 cm³/mol. The first-order valence-corrected chi connectivity index (χ1v) is 7.09. The molecule has 1 atom stereocenters. The summed E-state index contributed by atoms with van der Waals surface area (Å²) >= 11 is 0. The fourth-order valence-electron chi connectivity index (χ4n) is 1.97. The van der Waals surface area contributed by atoms with Crippen molar-refractivity contribution in [3.05, 3.63) is 48.6 Å². The zero-order valence-electron chi connectivity index (χ0n) is 11.6. The van der Waals surface area contributed by atoms with Gasteiger partial charge in [0.1, 0.15) is 0 Å². The van der Waals surface area contributed by atoms with E-state index in [4.69, 9.17) is 4.74 Å². The smallest absolute Gasteiger partial charge is 0.0720 e. The molecule has 0 N–H and O–H groups in total. The minimum Gasteiger partial charge on any atom is -0.374 e. The van der Waals surface area contributed by atoms with Crippen molar-refractivity contribution in [2.45, 2.75) is 58.2 Å². The van der Waals surface area contributed by atoms with E-state index >= 15 is 0 Å². The van der Waals surface area contributed by atoms with E-state index in [0.717, 1.165) is 13.0 Å². The fraction of sp³-hybridized carbons (Fsp3) is 0.529. The summed E-state index contributed by atoms with van der Waals surface area (Å²) in [7, 11) is 0. The van der Waals surface area contributed by atoms with Crippen LogP contribution in [0, 0.1) is 0 Å². The Hall–Kier alpha value is -1.08. The molecule has 1 heteroatoms. The topological polar surface area (TPSA) is 9.23 Å². The number of unbranched alkanes of at least 4 members (excludes halogenated alkanes) is 4. The van der Waals surface area contributed by atoms with Crippen LogP contribution in [0.1, 0.15) is 51.0 Å². The maximum Gasteiger partial charge on any atom is 0.0720 e. The zero-order valence-corrected chi connectivity index (χ0v) is 11.6. The van der Waals surface area contributed by atoms with Gasteiger partial charge in [0.15, 0.2) is 0 Å². The SMILES string of the molecule is C=CCCCCCCC(C)OCc1ccccc1. The molecule has 0 radical (unpaired) electrons. The molecule has 0 spiro atoms. The van der Waals surface area contributed by atoms with Gasteiger partial charge in [-0.1, -0.05) is 55.7 Å². The molecule has 1 aromatic rings. The number of benzene rings is 1. The van der Waals surface area contributed by atoms with Crippen LogP contribution in [0.15, 0.2) is 43.0 Å². The van der Waals surface area contributed by atoms with Crippen molar-refractivity contribution < 1.29 is 4.74 Å². The van der Waals surface area contributed by atoms with E-state index in [2.05, 4.69) is 37.8 Å². The van der Waals surface area contributed by atoms with Crippen LogP contribution < -0.4 is 0 Å². The Kier molecular flexibility index (Phi) is 8.24. The van der Waals surface area contributed by atoms with Crippen molar-refractivity contribution >= 4 is 0 Å². The minimum atomic E-state index is 0.365. The van der Waals surface area contributed by atoms with Crippen LogP contribution >= 0.6 is 0 Å². The summed E-state index contributed by atoms with van der Waals surface area (Å²) < 4.78 is 5.84. The van der Waals surface area contributed by atoms with E-state index < -0.39 is 0 Å². The summed E-state index contributed by atoms with van der Waals surface area (Å²) in [6.45, 7) is 6.65. The van der Waals surface area contributed by atoms with Gasteiger partial charge in [0.2, 0.25) is 0 Å². The summed E-state index contributed by atoms with van der Waals surface area (Å²) in [5.41, 5.74) is 1.26. The number of hydrogen-bond acceptors (Lipinski definition) is 1. The van der Waals surface area contributed by atoms with E-state index in [0.29, 0.717) is 6.10 Å². The van der Waals surface area contributed by atoms with Crippen LogP contribution in [0.5, 0.6) is 0 Å². The summed E-state index contributed by atoms with van der Waals surface area (Å²) in [5, 5.41) is 0. The normalized spacial score (nSPS) is 12.3. The van der Waals surface area contributed by atoms with Crippen molar-refractivity contribution in [1.82, 2.24) is 0 Å². The molecule has 100 valence electrons. The van der Waals surface area contributed by atoms with E-state index in [1.165, 1.54) is 37.7 Å². The first kappa shape index (κ1) is 15.0. The molecule has 0 aliphatic carbocycles. The summed E-state index contributed by atoms with van der Waals surface area (Å²) in [4.78, 5) is 0. The highest BCUT2D eigenvalue weighted by Gasteiger charge is 2.02. The third kappa shape index (κ3) is 7.29. The zero-order chi connectivity index (χ0) is 13.1. The Morgan fingerprint density at radius 2 is 1.83 bits per heavy atom. The number of hydrogen-bond donors (Lipinski definition) is 0. The number of allylic oxidation sites excluding steroid dienone is 1. The molecule has 1 nitrogen and oxygen atoms in total. The van der Waals surface area contributed by atoms with E-state index in [9.17, 15) is 0 Å². The molecule has 0 amide bonds. The van der Waals surface area contributed by atoms with Gasteiger partial charge in [0, 0.05) is 0 Å². The van der Waals surface area contributed by atoms with Gasteiger partial charge in [-0.3, -0.25) is 0 Å².